The summed E-state index contributed by atoms with van der Waals surface area (Å²) in [6, 6.07) is 12.1. The smallest absolute Gasteiger partial charge is 0.265 e. The molecule has 3 N–H and O–H groups in total. The number of carbonyl (C=O) groups excluding carboxylic acids is 2. The van der Waals surface area contributed by atoms with Crippen LogP contribution < -0.4 is 20.5 Å². The maximum absolute atomic E-state index is 12.3. The monoisotopic (exact) mass is 342 g/mol. The third kappa shape index (κ3) is 4.97. The molecule has 6 heteroatoms. The zero-order chi connectivity index (χ0) is 18.4. The molecule has 0 aromatic heterocycles. The van der Waals surface area contributed by atoms with Crippen molar-refractivity contribution in [2.75, 3.05) is 11.9 Å². The van der Waals surface area contributed by atoms with Crippen LogP contribution in [0.2, 0.25) is 0 Å². The quantitative estimate of drug-likeness (QED) is 0.809. The molecule has 0 radical (unpaired) electrons. The largest absolute Gasteiger partial charge is 0.494 e. The van der Waals surface area contributed by atoms with Crippen molar-refractivity contribution >= 4 is 17.5 Å². The van der Waals surface area contributed by atoms with Crippen molar-refractivity contribution in [1.82, 2.24) is 0 Å². The van der Waals surface area contributed by atoms with Gasteiger partial charge in [0.15, 0.2) is 6.10 Å². The summed E-state index contributed by atoms with van der Waals surface area (Å²) in [6.45, 7) is 5.95. The molecule has 1 atom stereocenters. The summed E-state index contributed by atoms with van der Waals surface area (Å²) in [5, 5.41) is 2.76. The number of ether oxygens (including phenoxy) is 2. The van der Waals surface area contributed by atoms with Gasteiger partial charge in [0, 0.05) is 5.69 Å². The van der Waals surface area contributed by atoms with Crippen molar-refractivity contribution in [3.8, 4) is 11.5 Å². The average Bonchev–Trinajstić information content (AvgIpc) is 2.56. The van der Waals surface area contributed by atoms with Gasteiger partial charge in [-0.1, -0.05) is 6.07 Å². The fourth-order valence-electron chi connectivity index (χ4n) is 2.22. The van der Waals surface area contributed by atoms with E-state index in [9.17, 15) is 9.59 Å². The molecule has 2 rings (SSSR count). The van der Waals surface area contributed by atoms with Crippen LogP contribution in [0.25, 0.3) is 0 Å². The SMILES string of the molecule is CCOc1ccc(NC(=O)C(C)Oc2cc(C)ccc2C(N)=O)cc1. The van der Waals surface area contributed by atoms with Crippen molar-refractivity contribution < 1.29 is 19.1 Å². The Morgan fingerprint density at radius 3 is 2.44 bits per heavy atom. The Balaban J connectivity index is 2.05. The molecule has 0 aliphatic carbocycles. The second kappa shape index (κ2) is 8.19. The van der Waals surface area contributed by atoms with Crippen molar-refractivity contribution in [3.63, 3.8) is 0 Å². The summed E-state index contributed by atoms with van der Waals surface area (Å²) in [6.07, 6.45) is -0.800. The summed E-state index contributed by atoms with van der Waals surface area (Å²) >= 11 is 0. The van der Waals surface area contributed by atoms with Gasteiger partial charge in [0.05, 0.1) is 12.2 Å². The lowest BCUT2D eigenvalue weighted by atomic mass is 10.1. The molecule has 0 bridgehead atoms. The van der Waals surface area contributed by atoms with Gasteiger partial charge in [0.25, 0.3) is 11.8 Å². The fourth-order valence-corrected chi connectivity index (χ4v) is 2.22. The van der Waals surface area contributed by atoms with Crippen LogP contribution in [0.3, 0.4) is 0 Å². The molecule has 0 fully saturated rings. The molecule has 132 valence electrons. The van der Waals surface area contributed by atoms with Crippen LogP contribution in [0.5, 0.6) is 11.5 Å². The number of hydrogen-bond donors (Lipinski definition) is 2. The van der Waals surface area contributed by atoms with Gasteiger partial charge < -0.3 is 20.5 Å². The minimum Gasteiger partial charge on any atom is -0.494 e. The van der Waals surface area contributed by atoms with Crippen LogP contribution >= 0.6 is 0 Å². The highest BCUT2D eigenvalue weighted by atomic mass is 16.5. The zero-order valence-corrected chi connectivity index (χ0v) is 14.5. The van der Waals surface area contributed by atoms with Crippen molar-refractivity contribution in [2.24, 2.45) is 5.73 Å². The van der Waals surface area contributed by atoms with Gasteiger partial charge in [-0.3, -0.25) is 9.59 Å². The van der Waals surface area contributed by atoms with E-state index < -0.39 is 12.0 Å². The molecule has 2 aromatic carbocycles. The Morgan fingerprint density at radius 2 is 1.84 bits per heavy atom. The number of anilines is 1. The first kappa shape index (κ1) is 18.3. The standard InChI is InChI=1S/C19H22N2O4/c1-4-24-15-8-6-14(7-9-15)21-19(23)13(3)25-17-11-12(2)5-10-16(17)18(20)22/h5-11,13H,4H2,1-3H3,(H2,20,22)(H,21,23). The molecule has 0 saturated heterocycles. The Labute approximate surface area is 146 Å². The van der Waals surface area contributed by atoms with Crippen LogP contribution in [-0.2, 0) is 4.79 Å². The van der Waals surface area contributed by atoms with Gasteiger partial charge in [0.1, 0.15) is 11.5 Å². The van der Waals surface area contributed by atoms with E-state index >= 15 is 0 Å². The van der Waals surface area contributed by atoms with E-state index in [1.165, 1.54) is 0 Å². The molecule has 0 aliphatic heterocycles. The zero-order valence-electron chi connectivity index (χ0n) is 14.5. The second-order valence-electron chi connectivity index (χ2n) is 5.57. The van der Waals surface area contributed by atoms with Gasteiger partial charge in [0.2, 0.25) is 0 Å². The van der Waals surface area contributed by atoms with E-state index in [0.717, 1.165) is 11.3 Å². The molecule has 2 aromatic rings. The highest BCUT2D eigenvalue weighted by Crippen LogP contribution is 2.22. The summed E-state index contributed by atoms with van der Waals surface area (Å²) in [5.74, 6) is 0.0905. The number of benzene rings is 2. The van der Waals surface area contributed by atoms with Gasteiger partial charge in [-0.2, -0.15) is 0 Å². The Morgan fingerprint density at radius 1 is 1.16 bits per heavy atom. The number of nitrogens with two attached hydrogens (primary N) is 1. The molecule has 0 aliphatic rings. The lowest BCUT2D eigenvalue weighted by Crippen LogP contribution is -2.31. The van der Waals surface area contributed by atoms with E-state index in [1.54, 1.807) is 49.4 Å². The van der Waals surface area contributed by atoms with Crippen LogP contribution in [0, 0.1) is 6.92 Å². The normalized spacial score (nSPS) is 11.5. The summed E-state index contributed by atoms with van der Waals surface area (Å²) in [4.78, 5) is 23.8. The van der Waals surface area contributed by atoms with Crippen LogP contribution in [0.1, 0.15) is 29.8 Å². The van der Waals surface area contributed by atoms with Crippen LogP contribution in [-0.4, -0.2) is 24.5 Å². The van der Waals surface area contributed by atoms with E-state index in [4.69, 9.17) is 15.2 Å². The number of aryl methyl sites for hydroxylation is 1. The van der Waals surface area contributed by atoms with Gasteiger partial charge in [-0.15, -0.1) is 0 Å². The van der Waals surface area contributed by atoms with E-state index in [0.29, 0.717) is 18.0 Å². The number of primary amides is 1. The number of nitrogens with one attached hydrogen (secondary N) is 1. The maximum Gasteiger partial charge on any atom is 0.265 e. The van der Waals surface area contributed by atoms with Crippen LogP contribution in [0.15, 0.2) is 42.5 Å². The van der Waals surface area contributed by atoms with Crippen molar-refractivity contribution in [3.05, 3.63) is 53.6 Å². The molecule has 0 saturated carbocycles. The molecule has 2 amide bonds. The van der Waals surface area contributed by atoms with Crippen LogP contribution in [0.4, 0.5) is 5.69 Å². The Bertz CT molecular complexity index is 757. The molecule has 0 heterocycles. The molecule has 0 spiro atoms. The van der Waals surface area contributed by atoms with Gasteiger partial charge >= 0.3 is 0 Å². The topological polar surface area (TPSA) is 90.7 Å². The Hall–Kier alpha value is -3.02. The first-order chi connectivity index (χ1) is 11.9. The van der Waals surface area contributed by atoms with E-state index in [2.05, 4.69) is 5.32 Å². The van der Waals surface area contributed by atoms with Gasteiger partial charge in [-0.05, 0) is 62.7 Å². The highest BCUT2D eigenvalue weighted by Gasteiger charge is 2.18. The third-order valence-corrected chi connectivity index (χ3v) is 3.51. The summed E-state index contributed by atoms with van der Waals surface area (Å²) < 4.78 is 11.0. The first-order valence-electron chi connectivity index (χ1n) is 8.01. The number of carbonyl (C=O) groups is 2. The van der Waals surface area contributed by atoms with E-state index in [-0.39, 0.29) is 11.5 Å². The molecule has 6 nitrogen and oxygen atoms in total. The molecular weight excluding hydrogens is 320 g/mol. The minimum absolute atomic E-state index is 0.242. The fraction of sp³-hybridized carbons (Fsp3) is 0.263. The molecule has 1 unspecified atom stereocenters. The highest BCUT2D eigenvalue weighted by molar-refractivity contribution is 5.97. The first-order valence-corrected chi connectivity index (χ1v) is 8.01. The third-order valence-electron chi connectivity index (χ3n) is 3.51. The predicted molar refractivity (Wildman–Crippen MR) is 96.0 cm³/mol. The van der Waals surface area contributed by atoms with Crippen molar-refractivity contribution in [2.45, 2.75) is 26.9 Å². The molecule has 25 heavy (non-hydrogen) atoms. The minimum atomic E-state index is -0.800. The lowest BCUT2D eigenvalue weighted by Gasteiger charge is -2.17. The average molecular weight is 342 g/mol. The summed E-state index contributed by atoms with van der Waals surface area (Å²) in [5.41, 5.74) is 7.12. The van der Waals surface area contributed by atoms with E-state index in [1.807, 2.05) is 13.8 Å². The maximum atomic E-state index is 12.3. The molecular formula is C19H22N2O4. The number of rotatable bonds is 7. The van der Waals surface area contributed by atoms with Crippen molar-refractivity contribution in [1.29, 1.82) is 0 Å². The van der Waals surface area contributed by atoms with Gasteiger partial charge in [-0.25, -0.2) is 0 Å². The number of hydrogen-bond acceptors (Lipinski definition) is 4. The predicted octanol–water partition coefficient (Wildman–Crippen LogP) is 2.90. The second-order valence-corrected chi connectivity index (χ2v) is 5.57. The summed E-state index contributed by atoms with van der Waals surface area (Å²) in [7, 11) is 0. The lowest BCUT2D eigenvalue weighted by molar-refractivity contribution is -0.122. The number of amides is 2. The Kier molecular flexibility index (Phi) is 6.00.